The van der Waals surface area contributed by atoms with Crippen LogP contribution in [0.15, 0.2) is 48.5 Å². The molecule has 0 spiro atoms. The number of benzene rings is 2. The van der Waals surface area contributed by atoms with Gasteiger partial charge in [0.2, 0.25) is 0 Å². The summed E-state index contributed by atoms with van der Waals surface area (Å²) in [5.74, 6) is -0.120. The van der Waals surface area contributed by atoms with Gasteiger partial charge in [-0.1, -0.05) is 47.5 Å². The first kappa shape index (κ1) is 14.5. The molecule has 0 aliphatic carbocycles. The van der Waals surface area contributed by atoms with Gasteiger partial charge in [0.15, 0.2) is 11.6 Å². The number of rotatable bonds is 5. The van der Waals surface area contributed by atoms with Crippen LogP contribution in [0.3, 0.4) is 0 Å². The molecule has 0 saturated heterocycles. The Labute approximate surface area is 123 Å². The van der Waals surface area contributed by atoms with Crippen LogP contribution in [0.25, 0.3) is 0 Å². The normalized spacial score (nSPS) is 10.3. The van der Waals surface area contributed by atoms with Crippen LogP contribution in [0.4, 0.5) is 0 Å². The van der Waals surface area contributed by atoms with Crippen molar-refractivity contribution < 1.29 is 9.59 Å². The molecule has 0 heterocycles. The molecule has 0 aliphatic rings. The van der Waals surface area contributed by atoms with E-state index in [1.165, 1.54) is 0 Å². The van der Waals surface area contributed by atoms with Crippen LogP contribution in [0.2, 0.25) is 5.02 Å². The van der Waals surface area contributed by atoms with E-state index in [0.29, 0.717) is 16.1 Å². The minimum atomic E-state index is -0.100. The first-order chi connectivity index (χ1) is 9.58. The average Bonchev–Trinajstić information content (AvgIpc) is 2.45. The predicted molar refractivity (Wildman–Crippen MR) is 80.5 cm³/mol. The molecular weight excluding hydrogens is 272 g/mol. The molecule has 0 aromatic heterocycles. The van der Waals surface area contributed by atoms with E-state index in [9.17, 15) is 9.59 Å². The number of aryl methyl sites for hydroxylation is 1. The van der Waals surface area contributed by atoms with Crippen LogP contribution in [0.1, 0.15) is 39.1 Å². The van der Waals surface area contributed by atoms with E-state index in [1.807, 2.05) is 25.1 Å². The fourth-order valence-corrected chi connectivity index (χ4v) is 2.25. The fourth-order valence-electron chi connectivity index (χ4n) is 2.01. The van der Waals surface area contributed by atoms with Gasteiger partial charge >= 0.3 is 0 Å². The summed E-state index contributed by atoms with van der Waals surface area (Å²) in [4.78, 5) is 24.1. The van der Waals surface area contributed by atoms with Gasteiger partial charge in [-0.2, -0.15) is 0 Å². The van der Waals surface area contributed by atoms with Gasteiger partial charge in [0.25, 0.3) is 0 Å². The van der Waals surface area contributed by atoms with Gasteiger partial charge in [-0.15, -0.1) is 0 Å². The molecule has 2 nitrogen and oxygen atoms in total. The number of ketones is 2. The molecule has 3 heteroatoms. The van der Waals surface area contributed by atoms with Crippen LogP contribution in [-0.4, -0.2) is 11.6 Å². The van der Waals surface area contributed by atoms with Crippen molar-refractivity contribution in [3.8, 4) is 0 Å². The topological polar surface area (TPSA) is 34.1 Å². The SMILES string of the molecule is Cc1cccc(C(=O)CCC(=O)c2ccccc2Cl)c1. The fraction of sp³-hybridized carbons (Fsp3) is 0.176. The molecule has 0 amide bonds. The van der Waals surface area contributed by atoms with Crippen molar-refractivity contribution in [2.75, 3.05) is 0 Å². The minimum absolute atomic E-state index is 0.0193. The lowest BCUT2D eigenvalue weighted by Gasteiger charge is -2.04. The van der Waals surface area contributed by atoms with Crippen molar-refractivity contribution in [3.05, 3.63) is 70.2 Å². The zero-order chi connectivity index (χ0) is 14.5. The van der Waals surface area contributed by atoms with Crippen LogP contribution in [0.5, 0.6) is 0 Å². The number of hydrogen-bond donors (Lipinski definition) is 0. The quantitative estimate of drug-likeness (QED) is 0.759. The number of hydrogen-bond acceptors (Lipinski definition) is 2. The zero-order valence-corrected chi connectivity index (χ0v) is 12.0. The van der Waals surface area contributed by atoms with Gasteiger partial charge in [0.1, 0.15) is 0 Å². The van der Waals surface area contributed by atoms with Crippen molar-refractivity contribution in [2.45, 2.75) is 19.8 Å². The molecule has 0 unspecified atom stereocenters. The Morgan fingerprint density at radius 1 is 0.950 bits per heavy atom. The molecule has 0 atom stereocenters. The molecule has 0 fully saturated rings. The zero-order valence-electron chi connectivity index (χ0n) is 11.2. The third-order valence-electron chi connectivity index (χ3n) is 3.09. The molecule has 0 saturated carbocycles. The Bertz CT molecular complexity index is 647. The lowest BCUT2D eigenvalue weighted by molar-refractivity contribution is 0.0917. The molecule has 2 aromatic rings. The third-order valence-corrected chi connectivity index (χ3v) is 3.42. The highest BCUT2D eigenvalue weighted by Crippen LogP contribution is 2.18. The summed E-state index contributed by atoms with van der Waals surface area (Å²) in [5.41, 5.74) is 2.16. The smallest absolute Gasteiger partial charge is 0.164 e. The summed E-state index contributed by atoms with van der Waals surface area (Å²) in [7, 11) is 0. The second-order valence-electron chi connectivity index (χ2n) is 4.70. The van der Waals surface area contributed by atoms with Gasteiger partial charge in [-0.3, -0.25) is 9.59 Å². The lowest BCUT2D eigenvalue weighted by atomic mass is 10.0. The Morgan fingerprint density at radius 3 is 2.35 bits per heavy atom. The summed E-state index contributed by atoms with van der Waals surface area (Å²) < 4.78 is 0. The lowest BCUT2D eigenvalue weighted by Crippen LogP contribution is -2.06. The first-order valence-electron chi connectivity index (χ1n) is 6.45. The van der Waals surface area contributed by atoms with E-state index in [0.717, 1.165) is 5.56 Å². The van der Waals surface area contributed by atoms with Crippen molar-refractivity contribution in [1.82, 2.24) is 0 Å². The molecular formula is C17H15ClO2. The Morgan fingerprint density at radius 2 is 1.65 bits per heavy atom. The van der Waals surface area contributed by atoms with Crippen LogP contribution in [-0.2, 0) is 0 Å². The number of carbonyl (C=O) groups excluding carboxylic acids is 2. The summed E-state index contributed by atoms with van der Waals surface area (Å²) in [6, 6.07) is 14.3. The molecule has 102 valence electrons. The number of halogens is 1. The van der Waals surface area contributed by atoms with Gasteiger partial charge in [-0.25, -0.2) is 0 Å². The highest BCUT2D eigenvalue weighted by molar-refractivity contribution is 6.34. The summed E-state index contributed by atoms with van der Waals surface area (Å²) >= 11 is 5.97. The van der Waals surface area contributed by atoms with Crippen molar-refractivity contribution in [1.29, 1.82) is 0 Å². The predicted octanol–water partition coefficient (Wildman–Crippen LogP) is 4.49. The van der Waals surface area contributed by atoms with Crippen LogP contribution in [0, 0.1) is 6.92 Å². The molecule has 20 heavy (non-hydrogen) atoms. The molecule has 0 N–H and O–H groups in total. The van der Waals surface area contributed by atoms with Gasteiger partial charge in [-0.05, 0) is 25.1 Å². The van der Waals surface area contributed by atoms with Gasteiger partial charge in [0.05, 0.1) is 5.02 Å². The second kappa shape index (κ2) is 6.49. The Kier molecular flexibility index (Phi) is 4.70. The monoisotopic (exact) mass is 286 g/mol. The molecule has 2 rings (SSSR count). The first-order valence-corrected chi connectivity index (χ1v) is 6.83. The van der Waals surface area contributed by atoms with Crippen LogP contribution < -0.4 is 0 Å². The van der Waals surface area contributed by atoms with Gasteiger partial charge < -0.3 is 0 Å². The highest BCUT2D eigenvalue weighted by atomic mass is 35.5. The molecule has 2 aromatic carbocycles. The van der Waals surface area contributed by atoms with E-state index in [-0.39, 0.29) is 24.4 Å². The van der Waals surface area contributed by atoms with E-state index in [1.54, 1.807) is 30.3 Å². The van der Waals surface area contributed by atoms with Crippen molar-refractivity contribution in [3.63, 3.8) is 0 Å². The van der Waals surface area contributed by atoms with Crippen LogP contribution >= 0.6 is 11.6 Å². The van der Waals surface area contributed by atoms with E-state index < -0.39 is 0 Å². The maximum absolute atomic E-state index is 12.0. The van der Waals surface area contributed by atoms with Crippen molar-refractivity contribution >= 4 is 23.2 Å². The van der Waals surface area contributed by atoms with E-state index in [4.69, 9.17) is 11.6 Å². The number of carbonyl (C=O) groups is 2. The van der Waals surface area contributed by atoms with Gasteiger partial charge in [0, 0.05) is 24.0 Å². The molecule has 0 bridgehead atoms. The summed E-state index contributed by atoms with van der Waals surface area (Å²) in [5, 5.41) is 0.431. The summed E-state index contributed by atoms with van der Waals surface area (Å²) in [6.45, 7) is 1.94. The number of Topliss-reactive ketones (excluding diaryl/α,β-unsaturated/α-hetero) is 2. The summed E-state index contributed by atoms with van der Waals surface area (Å²) in [6.07, 6.45) is 0.379. The molecule has 0 radical (unpaired) electrons. The maximum atomic E-state index is 12.0. The second-order valence-corrected chi connectivity index (χ2v) is 5.10. The standard InChI is InChI=1S/C17H15ClO2/c1-12-5-4-6-13(11-12)16(19)9-10-17(20)14-7-2-3-8-15(14)18/h2-8,11H,9-10H2,1H3. The highest BCUT2D eigenvalue weighted by Gasteiger charge is 2.13. The third kappa shape index (κ3) is 3.55. The van der Waals surface area contributed by atoms with E-state index in [2.05, 4.69) is 0 Å². The molecule has 0 aliphatic heterocycles. The Balaban J connectivity index is 2.01. The maximum Gasteiger partial charge on any atom is 0.164 e. The Hall–Kier alpha value is -1.93. The minimum Gasteiger partial charge on any atom is -0.294 e. The largest absolute Gasteiger partial charge is 0.294 e. The van der Waals surface area contributed by atoms with E-state index >= 15 is 0 Å². The van der Waals surface area contributed by atoms with Crippen molar-refractivity contribution in [2.24, 2.45) is 0 Å². The average molecular weight is 287 g/mol.